The Morgan fingerprint density at radius 2 is 1.65 bits per heavy atom. The second kappa shape index (κ2) is 8.02. The Morgan fingerprint density at radius 1 is 1.03 bits per heavy atom. The fourth-order valence-electron chi connectivity index (χ4n) is 3.60. The molecule has 3 N–H and O–H groups in total. The van der Waals surface area contributed by atoms with Gasteiger partial charge in [-0.1, -0.05) is 59.9 Å². The minimum Gasteiger partial charge on any atom is -0.389 e. The first kappa shape index (κ1) is 20.8. The third kappa shape index (κ3) is 4.10. The summed E-state index contributed by atoms with van der Waals surface area (Å²) < 4.78 is 1.64. The monoisotopic (exact) mass is 433 g/mol. The van der Waals surface area contributed by atoms with E-state index < -0.39 is 11.6 Å². The molecule has 0 radical (unpaired) electrons. The molecule has 0 fully saturated rings. The Morgan fingerprint density at radius 3 is 2.23 bits per heavy atom. The zero-order valence-corrected chi connectivity index (χ0v) is 18.1. The Kier molecular flexibility index (Phi) is 5.39. The smallest absolute Gasteiger partial charge is 0.320 e. The van der Waals surface area contributed by atoms with Crippen molar-refractivity contribution in [2.45, 2.75) is 19.4 Å². The standard InChI is InChI=1S/C24H23N3O3S/c1-24(2,30)15-26(23(25)29)22-20(16-9-5-3-6-10-16)18-13-14-19(28)27(21(18)31-22)17-11-7-4-8-12-17/h3-14,30H,15H2,1-2H3,(H2,25,29). The highest BCUT2D eigenvalue weighted by atomic mass is 32.1. The number of amides is 2. The number of urea groups is 1. The SMILES string of the molecule is CC(C)(O)CN(C(N)=O)c1sc2c(ccc(=O)n2-c2ccccc2)c1-c1ccccc1. The van der Waals surface area contributed by atoms with Crippen molar-refractivity contribution in [2.24, 2.45) is 5.73 Å². The number of aromatic nitrogens is 1. The Balaban J connectivity index is 2.08. The fraction of sp³-hybridized carbons (Fsp3) is 0.167. The van der Waals surface area contributed by atoms with Gasteiger partial charge < -0.3 is 10.8 Å². The molecule has 0 atom stereocenters. The number of nitrogens with zero attached hydrogens (tertiary/aromatic N) is 2. The van der Waals surface area contributed by atoms with E-state index in [1.807, 2.05) is 60.7 Å². The van der Waals surface area contributed by atoms with Crippen LogP contribution in [0.5, 0.6) is 0 Å². The van der Waals surface area contributed by atoms with Crippen molar-refractivity contribution in [3.63, 3.8) is 0 Å². The molecule has 0 aliphatic rings. The maximum atomic E-state index is 12.8. The van der Waals surface area contributed by atoms with Gasteiger partial charge in [0, 0.05) is 17.0 Å². The molecule has 2 heterocycles. The van der Waals surface area contributed by atoms with Crippen LogP contribution in [0.15, 0.2) is 77.6 Å². The van der Waals surface area contributed by atoms with Gasteiger partial charge in [0.1, 0.15) is 9.83 Å². The first-order chi connectivity index (χ1) is 14.8. The van der Waals surface area contributed by atoms with E-state index >= 15 is 0 Å². The van der Waals surface area contributed by atoms with E-state index in [1.54, 1.807) is 24.5 Å². The predicted molar refractivity (Wildman–Crippen MR) is 126 cm³/mol. The number of hydrogen-bond donors (Lipinski definition) is 2. The number of fused-ring (bicyclic) bond motifs is 1. The van der Waals surface area contributed by atoms with Crippen molar-refractivity contribution < 1.29 is 9.90 Å². The van der Waals surface area contributed by atoms with Gasteiger partial charge in [0.2, 0.25) is 0 Å². The van der Waals surface area contributed by atoms with Gasteiger partial charge >= 0.3 is 6.03 Å². The minimum absolute atomic E-state index is 0.0184. The zero-order chi connectivity index (χ0) is 22.2. The third-order valence-electron chi connectivity index (χ3n) is 4.86. The van der Waals surface area contributed by atoms with Crippen LogP contribution in [0.2, 0.25) is 0 Å². The van der Waals surface area contributed by atoms with Crippen molar-refractivity contribution in [3.8, 4) is 16.8 Å². The molecule has 0 bridgehead atoms. The molecule has 2 aromatic carbocycles. The van der Waals surface area contributed by atoms with E-state index in [-0.39, 0.29) is 12.1 Å². The molecule has 0 unspecified atom stereocenters. The van der Waals surface area contributed by atoms with Crippen LogP contribution in [-0.2, 0) is 0 Å². The summed E-state index contributed by atoms with van der Waals surface area (Å²) in [6.45, 7) is 3.27. The van der Waals surface area contributed by atoms with Crippen molar-refractivity contribution in [2.75, 3.05) is 11.4 Å². The number of primary amides is 1. The summed E-state index contributed by atoms with van der Waals surface area (Å²) in [6.07, 6.45) is 0. The normalized spacial score (nSPS) is 11.6. The van der Waals surface area contributed by atoms with Crippen LogP contribution < -0.4 is 16.2 Å². The summed E-state index contributed by atoms with van der Waals surface area (Å²) >= 11 is 1.31. The molecule has 158 valence electrons. The largest absolute Gasteiger partial charge is 0.389 e. The number of aliphatic hydroxyl groups is 1. The molecule has 2 amide bonds. The quantitative estimate of drug-likeness (QED) is 0.490. The lowest BCUT2D eigenvalue weighted by molar-refractivity contribution is 0.0888. The second-order valence-electron chi connectivity index (χ2n) is 7.95. The topological polar surface area (TPSA) is 88.6 Å². The average molecular weight is 434 g/mol. The van der Waals surface area contributed by atoms with Gasteiger partial charge in [-0.15, -0.1) is 0 Å². The molecule has 7 heteroatoms. The number of hydrogen-bond acceptors (Lipinski definition) is 4. The van der Waals surface area contributed by atoms with Crippen molar-refractivity contribution >= 4 is 32.6 Å². The number of carbonyl (C=O) groups excluding carboxylic acids is 1. The van der Waals surface area contributed by atoms with Gasteiger partial charge in [0.15, 0.2) is 0 Å². The van der Waals surface area contributed by atoms with Gasteiger partial charge in [-0.3, -0.25) is 14.3 Å². The van der Waals surface area contributed by atoms with Gasteiger partial charge in [-0.2, -0.15) is 0 Å². The van der Waals surface area contributed by atoms with Crippen LogP contribution in [0.4, 0.5) is 9.80 Å². The molecule has 2 aromatic heterocycles. The Labute approximate surface area is 183 Å². The van der Waals surface area contributed by atoms with Gasteiger partial charge in [-0.25, -0.2) is 4.79 Å². The summed E-state index contributed by atoms with van der Waals surface area (Å²) in [5.41, 5.74) is 6.84. The number of benzene rings is 2. The van der Waals surface area contributed by atoms with E-state index in [1.165, 1.54) is 22.3 Å². The highest BCUT2D eigenvalue weighted by Gasteiger charge is 2.28. The summed E-state index contributed by atoms with van der Waals surface area (Å²) in [5, 5.41) is 11.8. The molecule has 4 rings (SSSR count). The first-order valence-electron chi connectivity index (χ1n) is 9.85. The number of carbonyl (C=O) groups is 1. The van der Waals surface area contributed by atoms with Crippen LogP contribution >= 0.6 is 11.3 Å². The second-order valence-corrected chi connectivity index (χ2v) is 8.92. The number of thiophene rings is 1. The fourth-order valence-corrected chi connectivity index (χ4v) is 4.95. The maximum Gasteiger partial charge on any atom is 0.320 e. The van der Waals surface area contributed by atoms with Gasteiger partial charge in [0.25, 0.3) is 5.56 Å². The highest BCUT2D eigenvalue weighted by Crippen LogP contribution is 2.45. The van der Waals surface area contributed by atoms with Crippen molar-refractivity contribution in [3.05, 3.63) is 83.2 Å². The van der Waals surface area contributed by atoms with E-state index in [0.717, 1.165) is 22.2 Å². The van der Waals surface area contributed by atoms with Gasteiger partial charge in [-0.05, 0) is 37.6 Å². The molecule has 0 aliphatic heterocycles. The van der Waals surface area contributed by atoms with Crippen molar-refractivity contribution in [1.82, 2.24) is 4.57 Å². The molecule has 4 aromatic rings. The summed E-state index contributed by atoms with van der Waals surface area (Å²) in [7, 11) is 0. The number of nitrogens with two attached hydrogens (primary N) is 1. The summed E-state index contributed by atoms with van der Waals surface area (Å²) in [6, 6.07) is 21.7. The van der Waals surface area contributed by atoms with Crippen LogP contribution in [-0.4, -0.2) is 27.9 Å². The van der Waals surface area contributed by atoms with E-state index in [4.69, 9.17) is 5.73 Å². The molecule has 6 nitrogen and oxygen atoms in total. The lowest BCUT2D eigenvalue weighted by Crippen LogP contribution is -2.44. The molecular formula is C24H23N3O3S. The predicted octanol–water partition coefficient (Wildman–Crippen LogP) is 4.38. The molecule has 0 spiro atoms. The summed E-state index contributed by atoms with van der Waals surface area (Å²) in [5.74, 6) is 0. The van der Waals surface area contributed by atoms with Crippen molar-refractivity contribution in [1.29, 1.82) is 0 Å². The third-order valence-corrected chi connectivity index (χ3v) is 6.07. The summed E-state index contributed by atoms with van der Waals surface area (Å²) in [4.78, 5) is 27.4. The molecular weight excluding hydrogens is 410 g/mol. The minimum atomic E-state index is -1.15. The van der Waals surface area contributed by atoms with Crippen LogP contribution in [0.25, 0.3) is 27.0 Å². The van der Waals surface area contributed by atoms with Gasteiger partial charge in [0.05, 0.1) is 17.8 Å². The number of para-hydroxylation sites is 1. The van der Waals surface area contributed by atoms with Crippen LogP contribution in [0, 0.1) is 0 Å². The molecule has 0 saturated heterocycles. The van der Waals surface area contributed by atoms with E-state index in [9.17, 15) is 14.7 Å². The molecule has 0 aliphatic carbocycles. The van der Waals surface area contributed by atoms with Crippen LogP contribution in [0.3, 0.4) is 0 Å². The Hall–Kier alpha value is -3.42. The maximum absolute atomic E-state index is 12.8. The van der Waals surface area contributed by atoms with Crippen LogP contribution in [0.1, 0.15) is 13.8 Å². The Bertz CT molecular complexity index is 1290. The molecule has 0 saturated carbocycles. The average Bonchev–Trinajstić information content (AvgIpc) is 3.11. The zero-order valence-electron chi connectivity index (χ0n) is 17.3. The lowest BCUT2D eigenvalue weighted by Gasteiger charge is -2.27. The van der Waals surface area contributed by atoms with E-state index in [0.29, 0.717) is 9.83 Å². The number of pyridine rings is 1. The number of rotatable bonds is 5. The molecule has 31 heavy (non-hydrogen) atoms. The highest BCUT2D eigenvalue weighted by molar-refractivity contribution is 7.23. The number of anilines is 1. The first-order valence-corrected chi connectivity index (χ1v) is 10.7. The van der Waals surface area contributed by atoms with E-state index in [2.05, 4.69) is 0 Å². The lowest BCUT2D eigenvalue weighted by atomic mass is 10.0.